The number of alkyl halides is 2. The van der Waals surface area contributed by atoms with Crippen LogP contribution >= 0.6 is 11.3 Å². The van der Waals surface area contributed by atoms with Gasteiger partial charge < -0.3 is 14.8 Å². The smallest absolute Gasteiger partial charge is 0.282 e. The zero-order chi connectivity index (χ0) is 22.4. The van der Waals surface area contributed by atoms with Crippen LogP contribution in [0, 0.1) is 0 Å². The number of hydrazone groups is 1. The maximum atomic E-state index is 13.5. The fourth-order valence-corrected chi connectivity index (χ4v) is 3.76. The molecule has 7 nitrogen and oxygen atoms in total. The number of fused-ring (bicyclic) bond motifs is 1. The summed E-state index contributed by atoms with van der Waals surface area (Å²) in [5, 5.41) is 8.20. The Labute approximate surface area is 180 Å². The minimum Gasteiger partial charge on any atom is -0.493 e. The van der Waals surface area contributed by atoms with Gasteiger partial charge in [-0.15, -0.1) is 11.3 Å². The third-order valence-electron chi connectivity index (χ3n) is 4.32. The predicted octanol–water partition coefficient (Wildman–Crippen LogP) is 3.43. The summed E-state index contributed by atoms with van der Waals surface area (Å²) in [6.45, 7) is -0.447. The molecule has 2 N–H and O–H groups in total. The Morgan fingerprint density at radius 2 is 1.84 bits per heavy atom. The Kier molecular flexibility index (Phi) is 7.14. The highest BCUT2D eigenvalue weighted by Crippen LogP contribution is 2.28. The molecule has 3 rings (SSSR count). The molecule has 2 amide bonds. The summed E-state index contributed by atoms with van der Waals surface area (Å²) in [6, 6.07) is 11.6. The number of hydrogen-bond acceptors (Lipinski definition) is 6. The molecule has 0 aliphatic rings. The number of rotatable bonds is 8. The Morgan fingerprint density at radius 3 is 2.55 bits per heavy atom. The van der Waals surface area contributed by atoms with Crippen LogP contribution in [0.25, 0.3) is 10.1 Å². The lowest BCUT2D eigenvalue weighted by molar-refractivity contribution is -0.120. The van der Waals surface area contributed by atoms with E-state index >= 15 is 0 Å². The van der Waals surface area contributed by atoms with Crippen molar-refractivity contribution < 1.29 is 27.8 Å². The second-order valence-electron chi connectivity index (χ2n) is 6.23. The molecule has 0 unspecified atom stereocenters. The van der Waals surface area contributed by atoms with Crippen molar-refractivity contribution in [2.75, 3.05) is 20.8 Å². The third-order valence-corrected chi connectivity index (χ3v) is 5.28. The summed E-state index contributed by atoms with van der Waals surface area (Å²) in [5.41, 5.74) is 2.03. The second-order valence-corrected chi connectivity index (χ2v) is 7.14. The SMILES string of the molecule is COc1ccc(C(=O)NCC(=O)N/N=C(/c2csc3ccccc23)C(F)F)cc1OC. The molecule has 0 spiro atoms. The molecule has 0 fully saturated rings. The Hall–Kier alpha value is -3.53. The van der Waals surface area contributed by atoms with Crippen molar-refractivity contribution in [3.05, 3.63) is 59.0 Å². The highest BCUT2D eigenvalue weighted by atomic mass is 32.1. The fraction of sp³-hybridized carbons (Fsp3) is 0.190. The largest absolute Gasteiger partial charge is 0.493 e. The summed E-state index contributed by atoms with van der Waals surface area (Å²) in [5.74, 6) is -0.482. The van der Waals surface area contributed by atoms with Crippen LogP contribution in [0.15, 0.2) is 52.9 Å². The van der Waals surface area contributed by atoms with Crippen LogP contribution in [0.1, 0.15) is 15.9 Å². The molecule has 0 radical (unpaired) electrons. The molecule has 0 saturated heterocycles. The molecule has 0 aliphatic heterocycles. The molecule has 0 atom stereocenters. The van der Waals surface area contributed by atoms with E-state index in [0.717, 1.165) is 4.70 Å². The van der Waals surface area contributed by atoms with E-state index < -0.39 is 30.5 Å². The minimum atomic E-state index is -2.89. The van der Waals surface area contributed by atoms with Gasteiger partial charge in [-0.05, 0) is 24.3 Å². The molecule has 10 heteroatoms. The number of ether oxygens (including phenoxy) is 2. The monoisotopic (exact) mass is 447 g/mol. The van der Waals surface area contributed by atoms with Crippen molar-refractivity contribution in [3.63, 3.8) is 0 Å². The maximum Gasteiger partial charge on any atom is 0.282 e. The summed E-state index contributed by atoms with van der Waals surface area (Å²) in [4.78, 5) is 24.3. The molecular formula is C21H19F2N3O4S. The average molecular weight is 447 g/mol. The van der Waals surface area contributed by atoms with Gasteiger partial charge in [0.2, 0.25) is 0 Å². The lowest BCUT2D eigenvalue weighted by Crippen LogP contribution is -2.35. The Balaban J connectivity index is 1.65. The highest BCUT2D eigenvalue weighted by molar-refractivity contribution is 7.17. The number of amides is 2. The molecule has 3 aromatic rings. The van der Waals surface area contributed by atoms with Crippen molar-refractivity contribution >= 4 is 38.9 Å². The minimum absolute atomic E-state index is 0.243. The fourth-order valence-electron chi connectivity index (χ4n) is 2.80. The number of nitrogens with zero attached hydrogens (tertiary/aromatic N) is 1. The first-order chi connectivity index (χ1) is 14.9. The normalized spacial score (nSPS) is 11.5. The van der Waals surface area contributed by atoms with Crippen LogP contribution in [0.2, 0.25) is 0 Å². The van der Waals surface area contributed by atoms with E-state index in [0.29, 0.717) is 16.9 Å². The van der Waals surface area contributed by atoms with Crippen LogP contribution in [-0.4, -0.2) is 44.7 Å². The van der Waals surface area contributed by atoms with Crippen LogP contribution in [-0.2, 0) is 4.79 Å². The van der Waals surface area contributed by atoms with Gasteiger partial charge in [0, 0.05) is 26.6 Å². The molecule has 0 saturated carbocycles. The predicted molar refractivity (Wildman–Crippen MR) is 114 cm³/mol. The summed E-state index contributed by atoms with van der Waals surface area (Å²) < 4.78 is 38.2. The zero-order valence-corrected chi connectivity index (χ0v) is 17.5. The van der Waals surface area contributed by atoms with E-state index in [1.165, 1.54) is 37.7 Å². The number of benzene rings is 2. The number of thiophene rings is 1. The van der Waals surface area contributed by atoms with Crippen LogP contribution in [0.3, 0.4) is 0 Å². The van der Waals surface area contributed by atoms with Gasteiger partial charge in [0.05, 0.1) is 20.8 Å². The van der Waals surface area contributed by atoms with E-state index in [1.807, 2.05) is 12.1 Å². The van der Waals surface area contributed by atoms with E-state index in [1.54, 1.807) is 23.6 Å². The van der Waals surface area contributed by atoms with Gasteiger partial charge in [0.25, 0.3) is 18.2 Å². The molecule has 162 valence electrons. The average Bonchev–Trinajstić information content (AvgIpc) is 3.20. The number of carbonyl (C=O) groups is 2. The third kappa shape index (κ3) is 5.15. The van der Waals surface area contributed by atoms with Gasteiger partial charge in [0.15, 0.2) is 11.5 Å². The number of nitrogens with one attached hydrogen (secondary N) is 2. The zero-order valence-electron chi connectivity index (χ0n) is 16.6. The molecule has 2 aromatic carbocycles. The highest BCUT2D eigenvalue weighted by Gasteiger charge is 2.20. The number of carbonyl (C=O) groups excluding carboxylic acids is 2. The van der Waals surface area contributed by atoms with Gasteiger partial charge in [-0.25, -0.2) is 14.2 Å². The molecule has 31 heavy (non-hydrogen) atoms. The van der Waals surface area contributed by atoms with E-state index in [9.17, 15) is 18.4 Å². The van der Waals surface area contributed by atoms with Gasteiger partial charge in [-0.3, -0.25) is 9.59 Å². The molecule has 1 aromatic heterocycles. The van der Waals surface area contributed by atoms with Crippen molar-refractivity contribution in [3.8, 4) is 11.5 Å². The Morgan fingerprint density at radius 1 is 1.10 bits per heavy atom. The van der Waals surface area contributed by atoms with Gasteiger partial charge in [-0.2, -0.15) is 5.10 Å². The van der Waals surface area contributed by atoms with Gasteiger partial charge in [-0.1, -0.05) is 18.2 Å². The van der Waals surface area contributed by atoms with E-state index in [2.05, 4.69) is 15.8 Å². The summed E-state index contributed by atoms with van der Waals surface area (Å²) in [7, 11) is 2.90. The molecule has 0 bridgehead atoms. The lowest BCUT2D eigenvalue weighted by atomic mass is 10.1. The van der Waals surface area contributed by atoms with Gasteiger partial charge >= 0.3 is 0 Å². The standard InChI is InChI=1S/C21H19F2N3O4S/c1-29-15-8-7-12(9-16(15)30-2)21(28)24-10-18(27)25-26-19(20(22)23)14-11-31-17-6-4-3-5-13(14)17/h3-9,11,20H,10H2,1-2H3,(H,24,28)(H,25,27)/b26-19-. The van der Waals surface area contributed by atoms with Crippen LogP contribution < -0.4 is 20.2 Å². The van der Waals surface area contributed by atoms with Crippen molar-refractivity contribution in [1.29, 1.82) is 0 Å². The van der Waals surface area contributed by atoms with Gasteiger partial charge in [0.1, 0.15) is 5.71 Å². The van der Waals surface area contributed by atoms with Crippen molar-refractivity contribution in [2.24, 2.45) is 5.10 Å². The number of halogens is 2. The van der Waals surface area contributed by atoms with Crippen LogP contribution in [0.4, 0.5) is 8.78 Å². The molecule has 0 aliphatic carbocycles. The lowest BCUT2D eigenvalue weighted by Gasteiger charge is -2.10. The van der Waals surface area contributed by atoms with E-state index in [4.69, 9.17) is 9.47 Å². The second kappa shape index (κ2) is 9.98. The van der Waals surface area contributed by atoms with Crippen molar-refractivity contribution in [2.45, 2.75) is 6.43 Å². The first kappa shape index (κ1) is 22.2. The first-order valence-electron chi connectivity index (χ1n) is 9.06. The summed E-state index contributed by atoms with van der Waals surface area (Å²) >= 11 is 1.31. The summed E-state index contributed by atoms with van der Waals surface area (Å²) in [6.07, 6.45) is -2.89. The number of hydrogen-bond donors (Lipinski definition) is 2. The number of methoxy groups -OCH3 is 2. The van der Waals surface area contributed by atoms with E-state index in [-0.39, 0.29) is 11.1 Å². The topological polar surface area (TPSA) is 89.0 Å². The van der Waals surface area contributed by atoms with Crippen LogP contribution in [0.5, 0.6) is 11.5 Å². The first-order valence-corrected chi connectivity index (χ1v) is 9.94. The molecular weight excluding hydrogens is 428 g/mol. The maximum absolute atomic E-state index is 13.5. The molecule has 1 heterocycles. The Bertz CT molecular complexity index is 1130. The quantitative estimate of drug-likeness (QED) is 0.409. The van der Waals surface area contributed by atoms with Crippen molar-refractivity contribution in [1.82, 2.24) is 10.7 Å².